The minimum atomic E-state index is -1.55. The van der Waals surface area contributed by atoms with Gasteiger partial charge in [0.2, 0.25) is 41.4 Å². The number of aliphatic hydroxyl groups is 1. The maximum atomic E-state index is 14.9. The monoisotopic (exact) mass is 1080 g/mol. The molecule has 0 radical (unpaired) electrons. The molecule has 19 heteroatoms. The lowest BCUT2D eigenvalue weighted by Gasteiger charge is -2.29. The first kappa shape index (κ1) is 58.6. The summed E-state index contributed by atoms with van der Waals surface area (Å²) < 4.78 is 0. The maximum Gasteiger partial charge on any atom is 0.245 e. The molecule has 1 fully saturated rings. The first-order valence-corrected chi connectivity index (χ1v) is 28.6. The summed E-state index contributed by atoms with van der Waals surface area (Å²) in [5.41, 5.74) is 9.51. The van der Waals surface area contributed by atoms with Gasteiger partial charge >= 0.3 is 0 Å². The van der Waals surface area contributed by atoms with Crippen LogP contribution in [0.5, 0.6) is 0 Å². The molecule has 0 bridgehead atoms. The third kappa shape index (κ3) is 18.3. The molecule has 0 saturated carbocycles. The Balaban J connectivity index is 1.38. The van der Waals surface area contributed by atoms with Crippen LogP contribution in [-0.2, 0) is 59.2 Å². The van der Waals surface area contributed by atoms with Gasteiger partial charge in [0, 0.05) is 66.2 Å². The van der Waals surface area contributed by atoms with Crippen molar-refractivity contribution in [1.29, 1.82) is 0 Å². The lowest BCUT2D eigenvalue weighted by atomic mass is 10.00. The topological polar surface area (TPSA) is 266 Å². The number of benzene rings is 4. The van der Waals surface area contributed by atoms with Crippen LogP contribution < -0.4 is 43.0 Å². The average molecular weight is 1080 g/mol. The van der Waals surface area contributed by atoms with Gasteiger partial charge in [-0.3, -0.25) is 33.6 Å². The number of fused-ring (bicyclic) bond motifs is 1. The van der Waals surface area contributed by atoms with Gasteiger partial charge in [0.15, 0.2) is 0 Å². The van der Waals surface area contributed by atoms with Crippen LogP contribution in [0, 0.1) is 5.92 Å². The molecular formula is C57H73N9O8S2. The Hall–Kier alpha value is -6.67. The molecule has 7 amide bonds. The van der Waals surface area contributed by atoms with E-state index in [9.17, 15) is 38.7 Å². The van der Waals surface area contributed by atoms with Crippen molar-refractivity contribution in [3.05, 3.63) is 144 Å². The first-order valence-electron chi connectivity index (χ1n) is 26.1. The molecule has 0 aliphatic carbocycles. The molecule has 11 N–H and O–H groups in total. The van der Waals surface area contributed by atoms with Gasteiger partial charge in [0.05, 0.1) is 6.10 Å². The Morgan fingerprint density at radius 3 is 1.47 bits per heavy atom. The Bertz CT molecular complexity index is 2680. The Kier molecular flexibility index (Phi) is 23.3. The number of hydrogen-bond donors (Lipinski definition) is 10. The summed E-state index contributed by atoms with van der Waals surface area (Å²) in [6, 6.07) is 27.0. The zero-order chi connectivity index (χ0) is 54.4. The van der Waals surface area contributed by atoms with Crippen molar-refractivity contribution in [3.8, 4) is 0 Å². The van der Waals surface area contributed by atoms with Crippen molar-refractivity contribution < 1.29 is 38.7 Å². The average Bonchev–Trinajstić information content (AvgIpc) is 3.83. The standard InChI is InChI=1S/C57H73N9O8S2/c1-36-34-75-76-35-37(2)60-53(70)46(29-39-19-9-6-10-20-39)65-57(74)50(38(3)67)66-52(69)45(27-15-4-5-18-28-58)61-56(73)49(32-42-33-59-44-26-17-16-25-43(42)44)64-55(72)48(31-41-23-13-8-14-24-41)63-54(71)47(62-51(36)68)30-40-21-11-7-12-22-40/h6-14,16-17,19-26,33,36-38,45-50,59,67H,4-5,15,18,27-32,34-35,58H2,1-3H3,(H,60,70)(H,61,73)(H,62,68)(H,63,71)(H,64,72)(H,65,74)(H,66,69)/t36-,37+,38+,45-,46-,47-,48-,49+,50-/m0/s1. The number of nitrogens with two attached hydrogens (primary N) is 1. The van der Waals surface area contributed by atoms with Gasteiger partial charge in [0.1, 0.15) is 36.3 Å². The molecule has 406 valence electrons. The Morgan fingerprint density at radius 1 is 0.500 bits per heavy atom. The van der Waals surface area contributed by atoms with Crippen LogP contribution in [0.3, 0.4) is 0 Å². The van der Waals surface area contributed by atoms with E-state index in [1.54, 1.807) is 13.1 Å². The largest absolute Gasteiger partial charge is 0.391 e. The number of para-hydroxylation sites is 1. The van der Waals surface area contributed by atoms with E-state index in [0.29, 0.717) is 36.5 Å². The number of rotatable bonds is 15. The SMILES string of the molecule is C[C@@H]1CSSC[C@H](C)C(=O)N[C@@H](Cc2ccccc2)C(=O)N[C@@H](Cc2ccccc2)C(=O)N[C@H](Cc2c[nH]c3ccccc23)C(=O)N[C@@H](CCCCCCN)C(=O)N[C@@H]([C@@H](C)O)C(=O)N[C@@H](Cc2ccccc2)C(=O)N1. The molecule has 0 spiro atoms. The van der Waals surface area contributed by atoms with E-state index >= 15 is 0 Å². The second kappa shape index (κ2) is 30.2. The second-order valence-electron chi connectivity index (χ2n) is 19.5. The normalized spacial score (nSPS) is 23.7. The van der Waals surface area contributed by atoms with Crippen molar-refractivity contribution in [2.75, 3.05) is 18.1 Å². The van der Waals surface area contributed by atoms with Crippen LogP contribution >= 0.6 is 21.6 Å². The molecule has 5 aromatic rings. The van der Waals surface area contributed by atoms with Crippen molar-refractivity contribution >= 4 is 73.8 Å². The number of unbranched alkanes of at least 4 members (excludes halogenated alkanes) is 3. The molecule has 1 aromatic heterocycles. The number of amides is 7. The van der Waals surface area contributed by atoms with Gasteiger partial charge in [0.25, 0.3) is 0 Å². The number of aromatic amines is 1. The predicted octanol–water partition coefficient (Wildman–Crippen LogP) is 4.17. The van der Waals surface area contributed by atoms with Crippen molar-refractivity contribution in [2.45, 2.75) is 127 Å². The number of hydrogen-bond acceptors (Lipinski definition) is 11. The van der Waals surface area contributed by atoms with Crippen LogP contribution in [0.15, 0.2) is 121 Å². The van der Waals surface area contributed by atoms with Crippen LogP contribution in [0.2, 0.25) is 0 Å². The van der Waals surface area contributed by atoms with E-state index in [1.807, 2.05) is 122 Å². The maximum absolute atomic E-state index is 14.9. The molecule has 0 unspecified atom stereocenters. The molecule has 2 heterocycles. The number of carbonyl (C=O) groups is 7. The molecule has 1 aliphatic heterocycles. The number of H-pyrrole nitrogens is 1. The van der Waals surface area contributed by atoms with Gasteiger partial charge in [-0.1, -0.05) is 157 Å². The third-order valence-corrected chi connectivity index (χ3v) is 15.9. The quantitative estimate of drug-likeness (QED) is 0.0526. The molecule has 17 nitrogen and oxygen atoms in total. The fourth-order valence-corrected chi connectivity index (χ4v) is 11.5. The first-order chi connectivity index (χ1) is 36.7. The molecular weight excluding hydrogens is 1000 g/mol. The molecule has 1 aliphatic rings. The van der Waals surface area contributed by atoms with Crippen molar-refractivity contribution in [3.63, 3.8) is 0 Å². The fourth-order valence-electron chi connectivity index (χ4n) is 8.83. The van der Waals surface area contributed by atoms with Crippen LogP contribution in [-0.4, -0.2) is 118 Å². The molecule has 9 atom stereocenters. The Morgan fingerprint density at radius 2 is 0.934 bits per heavy atom. The van der Waals surface area contributed by atoms with E-state index in [1.165, 1.54) is 28.5 Å². The van der Waals surface area contributed by atoms with Crippen LogP contribution in [0.1, 0.15) is 75.1 Å². The summed E-state index contributed by atoms with van der Waals surface area (Å²) in [5.74, 6) is -4.23. The molecule has 76 heavy (non-hydrogen) atoms. The van der Waals surface area contributed by atoms with Crippen LogP contribution in [0.4, 0.5) is 0 Å². The van der Waals surface area contributed by atoms with Gasteiger partial charge in [-0.25, -0.2) is 0 Å². The highest BCUT2D eigenvalue weighted by Crippen LogP contribution is 2.25. The van der Waals surface area contributed by atoms with Gasteiger partial charge in [-0.2, -0.15) is 0 Å². The molecule has 1 saturated heterocycles. The summed E-state index contributed by atoms with van der Waals surface area (Å²) in [6.45, 7) is 5.41. The third-order valence-electron chi connectivity index (χ3n) is 13.2. The zero-order valence-electron chi connectivity index (χ0n) is 43.4. The highest BCUT2D eigenvalue weighted by molar-refractivity contribution is 8.76. The fraction of sp³-hybridized carbons (Fsp3) is 0.421. The van der Waals surface area contributed by atoms with E-state index in [-0.39, 0.29) is 44.1 Å². The van der Waals surface area contributed by atoms with Gasteiger partial charge in [-0.05, 0) is 61.6 Å². The van der Waals surface area contributed by atoms with E-state index < -0.39 is 83.7 Å². The summed E-state index contributed by atoms with van der Waals surface area (Å²) in [5, 5.41) is 32.0. The van der Waals surface area contributed by atoms with Gasteiger partial charge in [-0.15, -0.1) is 0 Å². The predicted molar refractivity (Wildman–Crippen MR) is 300 cm³/mol. The summed E-state index contributed by atoms with van der Waals surface area (Å²) >= 11 is 0. The number of nitrogens with one attached hydrogen (secondary N) is 8. The Labute approximate surface area is 453 Å². The van der Waals surface area contributed by atoms with Crippen molar-refractivity contribution in [2.24, 2.45) is 11.7 Å². The minimum Gasteiger partial charge on any atom is -0.391 e. The zero-order valence-corrected chi connectivity index (χ0v) is 45.1. The number of aromatic nitrogens is 1. The highest BCUT2D eigenvalue weighted by atomic mass is 33.1. The summed E-state index contributed by atoms with van der Waals surface area (Å²) in [4.78, 5) is 104. The summed E-state index contributed by atoms with van der Waals surface area (Å²) in [7, 11) is 2.88. The van der Waals surface area contributed by atoms with E-state index in [2.05, 4.69) is 42.2 Å². The lowest BCUT2D eigenvalue weighted by Crippen LogP contribution is -2.62. The molecule has 6 rings (SSSR count). The summed E-state index contributed by atoms with van der Waals surface area (Å²) in [6.07, 6.45) is 3.29. The van der Waals surface area contributed by atoms with Gasteiger partial charge < -0.3 is 53.0 Å². The number of aliphatic hydroxyl groups excluding tert-OH is 1. The van der Waals surface area contributed by atoms with E-state index in [4.69, 9.17) is 5.73 Å². The lowest BCUT2D eigenvalue weighted by molar-refractivity contribution is -0.136. The van der Waals surface area contributed by atoms with Crippen LogP contribution in [0.25, 0.3) is 10.9 Å². The van der Waals surface area contributed by atoms with E-state index in [0.717, 1.165) is 40.4 Å². The second-order valence-corrected chi connectivity index (χ2v) is 22.1. The minimum absolute atomic E-state index is 0.0256. The van der Waals surface area contributed by atoms with Crippen molar-refractivity contribution in [1.82, 2.24) is 42.2 Å². The molecule has 4 aromatic carbocycles. The highest BCUT2D eigenvalue weighted by Gasteiger charge is 2.36. The number of carbonyl (C=O) groups excluding carboxylic acids is 7. The smallest absolute Gasteiger partial charge is 0.245 e.